The summed E-state index contributed by atoms with van der Waals surface area (Å²) in [6.07, 6.45) is 4.14. The number of quaternary nitrogens is 2. The second-order valence-corrected chi connectivity index (χ2v) is 5.91. The number of rotatable bonds is 3. The van der Waals surface area contributed by atoms with Crippen molar-refractivity contribution in [1.82, 2.24) is 0 Å². The molecule has 1 atom stereocenters. The lowest BCUT2D eigenvalue weighted by atomic mass is 9.93. The van der Waals surface area contributed by atoms with Crippen molar-refractivity contribution in [2.24, 2.45) is 0 Å². The molecule has 0 radical (unpaired) electrons. The molecule has 1 aromatic rings. The van der Waals surface area contributed by atoms with E-state index in [1.165, 1.54) is 50.0 Å². The molecule has 2 aliphatic rings. The fourth-order valence-electron chi connectivity index (χ4n) is 3.71. The van der Waals surface area contributed by atoms with Gasteiger partial charge >= 0.3 is 0 Å². The molecular formula is C16H26N2O2+2. The molecule has 0 aliphatic carbocycles. The normalized spacial score (nSPS) is 23.2. The number of likely N-dealkylation sites (tertiary alicyclic amines) is 1. The molecule has 4 nitrogen and oxygen atoms in total. The Bertz CT molecular complexity index is 470. The van der Waals surface area contributed by atoms with E-state index in [1.807, 2.05) is 0 Å². The van der Waals surface area contributed by atoms with Crippen LogP contribution in [0.1, 0.15) is 36.4 Å². The van der Waals surface area contributed by atoms with Gasteiger partial charge in [-0.15, -0.1) is 0 Å². The summed E-state index contributed by atoms with van der Waals surface area (Å²) in [5.41, 5.74) is 2.89. The highest BCUT2D eigenvalue weighted by atomic mass is 16.5. The standard InChI is InChI=1S/C16H24N2O2/c1-19-15-8-12-10-17-11-14(13(12)9-16(15)20-2)18-6-4-3-5-7-18/h8-9,14,17H,3-7,10-11H2,1-2H3/p+2/t14-/m1/s1. The van der Waals surface area contributed by atoms with Crippen molar-refractivity contribution in [2.75, 3.05) is 33.9 Å². The van der Waals surface area contributed by atoms with Gasteiger partial charge in [0.15, 0.2) is 17.5 Å². The van der Waals surface area contributed by atoms with Gasteiger partial charge in [0.25, 0.3) is 0 Å². The van der Waals surface area contributed by atoms with Gasteiger partial charge in [-0.05, 0) is 31.4 Å². The van der Waals surface area contributed by atoms with Crippen LogP contribution in [0.5, 0.6) is 11.5 Å². The van der Waals surface area contributed by atoms with E-state index in [2.05, 4.69) is 17.4 Å². The summed E-state index contributed by atoms with van der Waals surface area (Å²) in [6.45, 7) is 4.87. The Kier molecular flexibility index (Phi) is 4.13. The third-order valence-electron chi connectivity index (χ3n) is 4.78. The monoisotopic (exact) mass is 278 g/mol. The quantitative estimate of drug-likeness (QED) is 0.810. The van der Waals surface area contributed by atoms with E-state index >= 15 is 0 Å². The molecule has 2 aliphatic heterocycles. The van der Waals surface area contributed by atoms with Crippen molar-refractivity contribution in [1.29, 1.82) is 0 Å². The average Bonchev–Trinajstić information content (AvgIpc) is 2.53. The smallest absolute Gasteiger partial charge is 0.163 e. The number of methoxy groups -OCH3 is 2. The van der Waals surface area contributed by atoms with Gasteiger partial charge in [0.2, 0.25) is 0 Å². The number of benzene rings is 1. The van der Waals surface area contributed by atoms with Gasteiger partial charge in [0.05, 0.1) is 27.3 Å². The highest BCUT2D eigenvalue weighted by molar-refractivity contribution is 5.48. The van der Waals surface area contributed by atoms with Crippen LogP contribution in [-0.2, 0) is 6.54 Å². The minimum absolute atomic E-state index is 0.610. The Balaban J connectivity index is 1.94. The number of fused-ring (bicyclic) bond motifs is 1. The molecule has 2 heterocycles. The number of hydrogen-bond acceptors (Lipinski definition) is 2. The fourth-order valence-corrected chi connectivity index (χ4v) is 3.71. The number of hydrogen-bond donors (Lipinski definition) is 2. The topological polar surface area (TPSA) is 39.5 Å². The lowest BCUT2D eigenvalue weighted by molar-refractivity contribution is -0.952. The SMILES string of the molecule is COc1cc2c(cc1OC)[C@H]([NH+]1CCCCC1)C[NH2+]C2. The molecule has 0 spiro atoms. The Morgan fingerprint density at radius 1 is 1.05 bits per heavy atom. The van der Waals surface area contributed by atoms with E-state index in [0.717, 1.165) is 18.0 Å². The molecule has 3 rings (SSSR count). The van der Waals surface area contributed by atoms with Gasteiger partial charge in [-0.2, -0.15) is 0 Å². The van der Waals surface area contributed by atoms with Crippen molar-refractivity contribution in [2.45, 2.75) is 31.8 Å². The number of nitrogens with two attached hydrogens (primary N) is 1. The minimum atomic E-state index is 0.610. The van der Waals surface area contributed by atoms with Crippen molar-refractivity contribution >= 4 is 0 Å². The second kappa shape index (κ2) is 6.02. The molecule has 0 unspecified atom stereocenters. The van der Waals surface area contributed by atoms with E-state index in [9.17, 15) is 0 Å². The van der Waals surface area contributed by atoms with Gasteiger partial charge in [-0.3, -0.25) is 0 Å². The minimum Gasteiger partial charge on any atom is -0.493 e. The Labute approximate surface area is 121 Å². The fraction of sp³-hybridized carbons (Fsp3) is 0.625. The van der Waals surface area contributed by atoms with Crippen LogP contribution in [0.3, 0.4) is 0 Å². The molecule has 0 amide bonds. The van der Waals surface area contributed by atoms with Crippen LogP contribution in [0.4, 0.5) is 0 Å². The first-order valence-corrected chi connectivity index (χ1v) is 7.74. The first-order chi connectivity index (χ1) is 9.83. The molecule has 110 valence electrons. The predicted molar refractivity (Wildman–Crippen MR) is 77.3 cm³/mol. The van der Waals surface area contributed by atoms with Gasteiger partial charge in [0, 0.05) is 11.1 Å². The Hall–Kier alpha value is -1.26. The summed E-state index contributed by atoms with van der Waals surface area (Å²) >= 11 is 0. The van der Waals surface area contributed by atoms with Gasteiger partial charge < -0.3 is 19.7 Å². The Morgan fingerprint density at radius 2 is 1.75 bits per heavy atom. The van der Waals surface area contributed by atoms with Crippen molar-refractivity contribution < 1.29 is 19.7 Å². The molecule has 1 aromatic carbocycles. The van der Waals surface area contributed by atoms with Crippen LogP contribution in [0.2, 0.25) is 0 Å². The molecule has 1 saturated heterocycles. The van der Waals surface area contributed by atoms with Crippen LogP contribution in [-0.4, -0.2) is 33.9 Å². The van der Waals surface area contributed by atoms with E-state index in [0.29, 0.717) is 6.04 Å². The average molecular weight is 278 g/mol. The summed E-state index contributed by atoms with van der Waals surface area (Å²) in [6, 6.07) is 4.99. The first kappa shape index (κ1) is 13.7. The number of piperidine rings is 1. The molecule has 4 heteroatoms. The van der Waals surface area contributed by atoms with E-state index < -0.39 is 0 Å². The van der Waals surface area contributed by atoms with Crippen LogP contribution >= 0.6 is 0 Å². The molecule has 0 saturated carbocycles. The van der Waals surface area contributed by atoms with Crippen LogP contribution in [0.25, 0.3) is 0 Å². The molecule has 0 bridgehead atoms. The van der Waals surface area contributed by atoms with Crippen LogP contribution in [0, 0.1) is 0 Å². The maximum Gasteiger partial charge on any atom is 0.163 e. The molecule has 20 heavy (non-hydrogen) atoms. The third kappa shape index (κ3) is 2.50. The predicted octanol–water partition coefficient (Wildman–Crippen LogP) is -0.109. The van der Waals surface area contributed by atoms with Gasteiger partial charge in [-0.25, -0.2) is 0 Å². The molecule has 1 fully saturated rings. The van der Waals surface area contributed by atoms with Gasteiger partial charge in [0.1, 0.15) is 13.1 Å². The first-order valence-electron chi connectivity index (χ1n) is 7.74. The summed E-state index contributed by atoms with van der Waals surface area (Å²) in [4.78, 5) is 1.75. The zero-order valence-corrected chi connectivity index (χ0v) is 12.6. The summed E-state index contributed by atoms with van der Waals surface area (Å²) < 4.78 is 10.9. The van der Waals surface area contributed by atoms with Crippen molar-refractivity contribution in [3.8, 4) is 11.5 Å². The molecule has 3 N–H and O–H groups in total. The summed E-state index contributed by atoms with van der Waals surface area (Å²) in [5, 5.41) is 2.43. The maximum absolute atomic E-state index is 5.49. The third-order valence-corrected chi connectivity index (χ3v) is 4.78. The zero-order chi connectivity index (χ0) is 13.9. The van der Waals surface area contributed by atoms with Crippen LogP contribution < -0.4 is 19.7 Å². The lowest BCUT2D eigenvalue weighted by Crippen LogP contribution is -3.16. The molecule has 0 aromatic heterocycles. The maximum atomic E-state index is 5.49. The lowest BCUT2D eigenvalue weighted by Gasteiger charge is -2.34. The van der Waals surface area contributed by atoms with E-state index in [1.54, 1.807) is 19.1 Å². The summed E-state index contributed by atoms with van der Waals surface area (Å²) in [5.74, 6) is 1.73. The number of ether oxygens (including phenoxy) is 2. The van der Waals surface area contributed by atoms with Crippen molar-refractivity contribution in [3.63, 3.8) is 0 Å². The largest absolute Gasteiger partial charge is 0.493 e. The molecular weight excluding hydrogens is 252 g/mol. The number of nitrogens with one attached hydrogen (secondary N) is 1. The van der Waals surface area contributed by atoms with E-state index in [-0.39, 0.29) is 0 Å². The Morgan fingerprint density at radius 3 is 2.45 bits per heavy atom. The van der Waals surface area contributed by atoms with Gasteiger partial charge in [-0.1, -0.05) is 0 Å². The highest BCUT2D eigenvalue weighted by Crippen LogP contribution is 2.33. The van der Waals surface area contributed by atoms with Crippen LogP contribution in [0.15, 0.2) is 12.1 Å². The second-order valence-electron chi connectivity index (χ2n) is 5.91. The van der Waals surface area contributed by atoms with E-state index in [4.69, 9.17) is 9.47 Å². The highest BCUT2D eigenvalue weighted by Gasteiger charge is 2.33. The van der Waals surface area contributed by atoms with Crippen molar-refractivity contribution in [3.05, 3.63) is 23.3 Å². The summed E-state index contributed by atoms with van der Waals surface area (Å²) in [7, 11) is 3.44. The zero-order valence-electron chi connectivity index (χ0n) is 12.6.